The highest BCUT2D eigenvalue weighted by Gasteiger charge is 2.23. The molecular formula is C13H17Cl2FN2O. The maximum Gasteiger partial charge on any atom is 0.225 e. The van der Waals surface area contributed by atoms with E-state index in [1.807, 2.05) is 20.8 Å². The SMILES string of the molecule is CC(C)(C)C(N)CC(=O)Nc1cc(Cl)c(F)c(Cl)c1. The molecule has 0 radical (unpaired) electrons. The molecule has 0 aliphatic rings. The number of carbonyl (C=O) groups excluding carboxylic acids is 1. The van der Waals surface area contributed by atoms with Crippen LogP contribution in [-0.4, -0.2) is 11.9 Å². The Balaban J connectivity index is 2.73. The number of anilines is 1. The van der Waals surface area contributed by atoms with E-state index >= 15 is 0 Å². The Bertz CT molecular complexity index is 463. The summed E-state index contributed by atoms with van der Waals surface area (Å²) in [7, 11) is 0. The van der Waals surface area contributed by atoms with Crippen LogP contribution in [0.2, 0.25) is 10.0 Å². The van der Waals surface area contributed by atoms with Gasteiger partial charge in [-0.25, -0.2) is 4.39 Å². The molecule has 3 nitrogen and oxygen atoms in total. The molecule has 0 spiro atoms. The van der Waals surface area contributed by atoms with Gasteiger partial charge in [0.05, 0.1) is 10.0 Å². The number of amides is 1. The van der Waals surface area contributed by atoms with Crippen molar-refractivity contribution < 1.29 is 9.18 Å². The summed E-state index contributed by atoms with van der Waals surface area (Å²) in [6.07, 6.45) is 0.163. The van der Waals surface area contributed by atoms with Crippen LogP contribution in [-0.2, 0) is 4.79 Å². The summed E-state index contributed by atoms with van der Waals surface area (Å²) >= 11 is 11.3. The average Bonchev–Trinajstić information content (AvgIpc) is 2.24. The molecule has 0 aromatic heterocycles. The molecule has 1 rings (SSSR count). The number of hydrogen-bond acceptors (Lipinski definition) is 2. The third-order valence-electron chi connectivity index (χ3n) is 2.79. The summed E-state index contributed by atoms with van der Waals surface area (Å²) in [5.74, 6) is -0.964. The Morgan fingerprint density at radius 3 is 2.26 bits per heavy atom. The molecule has 1 aromatic carbocycles. The van der Waals surface area contributed by atoms with E-state index in [0.717, 1.165) is 0 Å². The Kier molecular flexibility index (Phi) is 5.18. The van der Waals surface area contributed by atoms with Crippen LogP contribution in [0.3, 0.4) is 0 Å². The minimum Gasteiger partial charge on any atom is -0.327 e. The standard InChI is InChI=1S/C13H17Cl2FN2O/c1-13(2,3)10(17)6-11(19)18-7-4-8(14)12(16)9(15)5-7/h4-5,10H,6,17H2,1-3H3,(H,18,19). The van der Waals surface area contributed by atoms with Crippen molar-refractivity contribution in [2.45, 2.75) is 33.2 Å². The topological polar surface area (TPSA) is 55.1 Å². The molecule has 0 fully saturated rings. The van der Waals surface area contributed by atoms with E-state index in [0.29, 0.717) is 5.69 Å². The maximum atomic E-state index is 13.2. The molecule has 1 aromatic rings. The Morgan fingerprint density at radius 2 is 1.84 bits per heavy atom. The van der Waals surface area contributed by atoms with E-state index in [4.69, 9.17) is 28.9 Å². The fraction of sp³-hybridized carbons (Fsp3) is 0.462. The first-order valence-electron chi connectivity index (χ1n) is 5.81. The number of nitrogens with one attached hydrogen (secondary N) is 1. The fourth-order valence-electron chi connectivity index (χ4n) is 1.35. The van der Waals surface area contributed by atoms with Gasteiger partial charge in [0.1, 0.15) is 0 Å². The van der Waals surface area contributed by atoms with Gasteiger partial charge in [-0.3, -0.25) is 4.79 Å². The molecule has 1 atom stereocenters. The zero-order chi connectivity index (χ0) is 14.8. The average molecular weight is 307 g/mol. The molecular weight excluding hydrogens is 290 g/mol. The molecule has 6 heteroatoms. The lowest BCUT2D eigenvalue weighted by atomic mass is 9.85. The van der Waals surface area contributed by atoms with Crippen LogP contribution in [0.25, 0.3) is 0 Å². The summed E-state index contributed by atoms with van der Waals surface area (Å²) in [6, 6.07) is 2.34. The predicted octanol–water partition coefficient (Wildman–Crippen LogP) is 3.83. The quantitative estimate of drug-likeness (QED) is 0.834. The Labute approximate surface area is 122 Å². The summed E-state index contributed by atoms with van der Waals surface area (Å²) < 4.78 is 13.2. The lowest BCUT2D eigenvalue weighted by molar-refractivity contribution is -0.117. The number of rotatable bonds is 3. The third-order valence-corrected chi connectivity index (χ3v) is 3.34. The summed E-state index contributed by atoms with van der Waals surface area (Å²) in [6.45, 7) is 5.86. The molecule has 19 heavy (non-hydrogen) atoms. The molecule has 1 amide bonds. The Hall–Kier alpha value is -0.840. The molecule has 0 aliphatic carbocycles. The van der Waals surface area contributed by atoms with E-state index in [-0.39, 0.29) is 33.8 Å². The van der Waals surface area contributed by atoms with Gasteiger partial charge in [-0.1, -0.05) is 44.0 Å². The smallest absolute Gasteiger partial charge is 0.225 e. The zero-order valence-corrected chi connectivity index (χ0v) is 12.6. The van der Waals surface area contributed by atoms with E-state index in [2.05, 4.69) is 5.32 Å². The maximum absolute atomic E-state index is 13.2. The van der Waals surface area contributed by atoms with Crippen molar-refractivity contribution in [2.24, 2.45) is 11.1 Å². The minimum atomic E-state index is -0.701. The number of nitrogens with two attached hydrogens (primary N) is 1. The van der Waals surface area contributed by atoms with Gasteiger partial charge in [-0.05, 0) is 17.5 Å². The van der Waals surface area contributed by atoms with E-state index in [1.54, 1.807) is 0 Å². The van der Waals surface area contributed by atoms with Crippen molar-refractivity contribution in [1.29, 1.82) is 0 Å². The number of halogens is 3. The highest BCUT2D eigenvalue weighted by atomic mass is 35.5. The van der Waals surface area contributed by atoms with Crippen LogP contribution >= 0.6 is 23.2 Å². The lowest BCUT2D eigenvalue weighted by Gasteiger charge is -2.26. The first kappa shape index (κ1) is 16.2. The minimum absolute atomic E-state index is 0.136. The van der Waals surface area contributed by atoms with Crippen LogP contribution in [0.1, 0.15) is 27.2 Å². The van der Waals surface area contributed by atoms with Gasteiger partial charge >= 0.3 is 0 Å². The first-order valence-corrected chi connectivity index (χ1v) is 6.57. The second kappa shape index (κ2) is 6.07. The van der Waals surface area contributed by atoms with Crippen molar-refractivity contribution in [2.75, 3.05) is 5.32 Å². The van der Waals surface area contributed by atoms with Crippen molar-refractivity contribution in [3.8, 4) is 0 Å². The van der Waals surface area contributed by atoms with Crippen LogP contribution in [0.4, 0.5) is 10.1 Å². The van der Waals surface area contributed by atoms with Crippen LogP contribution in [0, 0.1) is 11.2 Å². The van der Waals surface area contributed by atoms with Gasteiger partial charge in [-0.15, -0.1) is 0 Å². The number of carbonyl (C=O) groups is 1. The molecule has 106 valence electrons. The second-order valence-corrected chi connectivity index (χ2v) is 6.29. The van der Waals surface area contributed by atoms with Gasteiger partial charge in [0.15, 0.2) is 5.82 Å². The zero-order valence-electron chi connectivity index (χ0n) is 11.1. The van der Waals surface area contributed by atoms with Crippen molar-refractivity contribution in [1.82, 2.24) is 0 Å². The highest BCUT2D eigenvalue weighted by molar-refractivity contribution is 6.35. The molecule has 0 saturated heterocycles. The van der Waals surface area contributed by atoms with Crippen LogP contribution in [0.15, 0.2) is 12.1 Å². The molecule has 0 bridgehead atoms. The summed E-state index contributed by atoms with van der Waals surface area (Å²) in [5.41, 5.74) is 6.09. The van der Waals surface area contributed by atoms with Crippen LogP contribution in [0.5, 0.6) is 0 Å². The van der Waals surface area contributed by atoms with Crippen molar-refractivity contribution in [3.05, 3.63) is 28.0 Å². The number of benzene rings is 1. The fourth-order valence-corrected chi connectivity index (χ4v) is 1.83. The summed E-state index contributed by atoms with van der Waals surface area (Å²) in [5, 5.41) is 2.33. The molecule has 0 saturated carbocycles. The first-order chi connectivity index (χ1) is 8.61. The van der Waals surface area contributed by atoms with E-state index < -0.39 is 5.82 Å². The second-order valence-electron chi connectivity index (χ2n) is 5.48. The molecule has 1 unspecified atom stereocenters. The van der Waals surface area contributed by atoms with Gasteiger partial charge in [-0.2, -0.15) is 0 Å². The van der Waals surface area contributed by atoms with Gasteiger partial charge in [0, 0.05) is 18.2 Å². The molecule has 0 aliphatic heterocycles. The predicted molar refractivity (Wildman–Crippen MR) is 77.1 cm³/mol. The lowest BCUT2D eigenvalue weighted by Crippen LogP contribution is -2.38. The highest BCUT2D eigenvalue weighted by Crippen LogP contribution is 2.27. The monoisotopic (exact) mass is 306 g/mol. The van der Waals surface area contributed by atoms with Gasteiger partial charge in [0.2, 0.25) is 5.91 Å². The summed E-state index contributed by atoms with van der Waals surface area (Å²) in [4.78, 5) is 11.8. The third kappa shape index (κ3) is 4.64. The van der Waals surface area contributed by atoms with E-state index in [9.17, 15) is 9.18 Å². The van der Waals surface area contributed by atoms with E-state index in [1.165, 1.54) is 12.1 Å². The van der Waals surface area contributed by atoms with Crippen molar-refractivity contribution >= 4 is 34.8 Å². The normalized spacial score (nSPS) is 13.2. The molecule has 3 N–H and O–H groups in total. The van der Waals surface area contributed by atoms with Crippen LogP contribution < -0.4 is 11.1 Å². The molecule has 0 heterocycles. The van der Waals surface area contributed by atoms with Gasteiger partial charge < -0.3 is 11.1 Å². The Morgan fingerprint density at radius 1 is 1.37 bits per heavy atom. The largest absolute Gasteiger partial charge is 0.327 e. The number of hydrogen-bond donors (Lipinski definition) is 2. The van der Waals surface area contributed by atoms with Gasteiger partial charge in [0.25, 0.3) is 0 Å². The van der Waals surface area contributed by atoms with Crippen molar-refractivity contribution in [3.63, 3.8) is 0 Å².